The molecule has 1 aliphatic carbocycles. The fourth-order valence-electron chi connectivity index (χ4n) is 2.66. The monoisotopic (exact) mass is 323 g/mol. The molecule has 0 saturated heterocycles. The molecule has 120 valence electrons. The average molecular weight is 323 g/mol. The maximum atomic E-state index is 13.5. The van der Waals surface area contributed by atoms with Crippen LogP contribution >= 0.6 is 12.2 Å². The largest absolute Gasteiger partial charge is 0.494 e. The number of methoxy groups -OCH3 is 1. The van der Waals surface area contributed by atoms with Gasteiger partial charge in [-0.15, -0.1) is 0 Å². The highest BCUT2D eigenvalue weighted by Gasteiger charge is 2.21. The van der Waals surface area contributed by atoms with Crippen molar-refractivity contribution < 1.29 is 9.13 Å². The maximum Gasteiger partial charge on any atom is 0.187 e. The maximum absolute atomic E-state index is 13.5. The lowest BCUT2D eigenvalue weighted by molar-refractivity contribution is 0.308. The molecule has 6 heteroatoms. The molecule has 2 rings (SSSR count). The first-order chi connectivity index (χ1) is 10.6. The lowest BCUT2D eigenvalue weighted by Gasteiger charge is -2.30. The molecule has 0 aliphatic heterocycles. The highest BCUT2D eigenvalue weighted by atomic mass is 32.1. The average Bonchev–Trinajstić information content (AvgIpc) is 2.50. The molecular weight excluding hydrogens is 301 g/mol. The van der Waals surface area contributed by atoms with Crippen LogP contribution in [0.1, 0.15) is 38.2 Å². The fraction of sp³-hybridized carbons (Fsp3) is 0.500. The molecule has 0 unspecified atom stereocenters. The van der Waals surface area contributed by atoms with Gasteiger partial charge in [-0.1, -0.05) is 19.8 Å². The van der Waals surface area contributed by atoms with Gasteiger partial charge in [0.05, 0.1) is 13.3 Å². The van der Waals surface area contributed by atoms with Crippen molar-refractivity contribution in [3.8, 4) is 5.75 Å². The van der Waals surface area contributed by atoms with Crippen LogP contribution in [0, 0.1) is 11.7 Å². The summed E-state index contributed by atoms with van der Waals surface area (Å²) in [6, 6.07) is 5.07. The molecule has 1 fully saturated rings. The minimum absolute atomic E-state index is 0.216. The lowest BCUT2D eigenvalue weighted by Crippen LogP contribution is -2.44. The van der Waals surface area contributed by atoms with Crippen LogP contribution in [0.4, 0.5) is 4.39 Å². The summed E-state index contributed by atoms with van der Waals surface area (Å²) in [4.78, 5) is 0. The van der Waals surface area contributed by atoms with Crippen LogP contribution < -0.4 is 15.5 Å². The zero-order chi connectivity index (χ0) is 15.9. The van der Waals surface area contributed by atoms with Gasteiger partial charge in [-0.25, -0.2) is 4.39 Å². The van der Waals surface area contributed by atoms with Crippen molar-refractivity contribution >= 4 is 23.5 Å². The third-order valence-electron chi connectivity index (χ3n) is 3.98. The lowest BCUT2D eigenvalue weighted by atomic mass is 9.86. The van der Waals surface area contributed by atoms with Crippen molar-refractivity contribution in [3.05, 3.63) is 29.6 Å². The topological polar surface area (TPSA) is 45.6 Å². The summed E-state index contributed by atoms with van der Waals surface area (Å²) in [5.41, 5.74) is 3.42. The van der Waals surface area contributed by atoms with Crippen LogP contribution in [0.25, 0.3) is 0 Å². The summed E-state index contributed by atoms with van der Waals surface area (Å²) in [5.74, 6) is 0.421. The third kappa shape index (κ3) is 4.66. The molecular formula is C16H22FN3OS. The molecule has 22 heavy (non-hydrogen) atoms. The van der Waals surface area contributed by atoms with E-state index in [1.54, 1.807) is 12.1 Å². The SMILES string of the molecule is COc1ccc(/C=N\NC(=S)N[C@@H]2CCCC[C@@H]2C)cc1F. The molecule has 1 aliphatic rings. The zero-order valence-electron chi connectivity index (χ0n) is 12.9. The Balaban J connectivity index is 1.83. The summed E-state index contributed by atoms with van der Waals surface area (Å²) in [6.07, 6.45) is 6.42. The number of hydrogen-bond acceptors (Lipinski definition) is 3. The number of hydrazone groups is 1. The van der Waals surface area contributed by atoms with E-state index in [0.717, 1.165) is 6.42 Å². The van der Waals surface area contributed by atoms with Gasteiger partial charge in [0.1, 0.15) is 0 Å². The molecule has 4 nitrogen and oxygen atoms in total. The predicted octanol–water partition coefficient (Wildman–Crippen LogP) is 3.21. The number of hydrogen-bond donors (Lipinski definition) is 2. The van der Waals surface area contributed by atoms with E-state index >= 15 is 0 Å². The molecule has 2 atom stereocenters. The fourth-order valence-corrected chi connectivity index (χ4v) is 2.86. The first-order valence-electron chi connectivity index (χ1n) is 7.53. The van der Waals surface area contributed by atoms with Gasteiger partial charge in [0.15, 0.2) is 16.7 Å². The molecule has 1 saturated carbocycles. The van der Waals surface area contributed by atoms with E-state index < -0.39 is 5.82 Å². The number of nitrogens with one attached hydrogen (secondary N) is 2. The molecule has 0 aromatic heterocycles. The van der Waals surface area contributed by atoms with Gasteiger partial charge in [-0.2, -0.15) is 5.10 Å². The molecule has 2 N–H and O–H groups in total. The van der Waals surface area contributed by atoms with Gasteiger partial charge >= 0.3 is 0 Å². The van der Waals surface area contributed by atoms with Crippen LogP contribution in [0.15, 0.2) is 23.3 Å². The number of thiocarbonyl (C=S) groups is 1. The minimum atomic E-state index is -0.414. The van der Waals surface area contributed by atoms with E-state index in [2.05, 4.69) is 22.8 Å². The minimum Gasteiger partial charge on any atom is -0.494 e. The Morgan fingerprint density at radius 1 is 1.41 bits per heavy atom. The summed E-state index contributed by atoms with van der Waals surface area (Å²) >= 11 is 5.24. The Labute approximate surface area is 136 Å². The zero-order valence-corrected chi connectivity index (χ0v) is 13.8. The summed E-state index contributed by atoms with van der Waals surface area (Å²) in [6.45, 7) is 2.24. The number of benzene rings is 1. The smallest absolute Gasteiger partial charge is 0.187 e. The number of halogens is 1. The van der Waals surface area contributed by atoms with E-state index in [1.807, 2.05) is 0 Å². The van der Waals surface area contributed by atoms with Gasteiger partial charge < -0.3 is 10.1 Å². The Bertz CT molecular complexity index is 550. The summed E-state index contributed by atoms with van der Waals surface area (Å²) in [7, 11) is 1.43. The van der Waals surface area contributed by atoms with E-state index in [4.69, 9.17) is 17.0 Å². The van der Waals surface area contributed by atoms with E-state index in [-0.39, 0.29) is 5.75 Å². The van der Waals surface area contributed by atoms with Crippen LogP contribution in [0.3, 0.4) is 0 Å². The summed E-state index contributed by atoms with van der Waals surface area (Å²) in [5, 5.41) is 7.84. The van der Waals surface area contributed by atoms with Gasteiger partial charge in [0.25, 0.3) is 0 Å². The predicted molar refractivity (Wildman–Crippen MR) is 90.8 cm³/mol. The molecule has 0 spiro atoms. The second-order valence-electron chi connectivity index (χ2n) is 5.61. The first-order valence-corrected chi connectivity index (χ1v) is 7.94. The van der Waals surface area contributed by atoms with E-state index in [1.165, 1.54) is 38.7 Å². The van der Waals surface area contributed by atoms with E-state index in [9.17, 15) is 4.39 Å². The van der Waals surface area contributed by atoms with Gasteiger partial charge in [-0.3, -0.25) is 5.43 Å². The summed E-state index contributed by atoms with van der Waals surface area (Å²) < 4.78 is 18.4. The molecule has 1 aromatic rings. The van der Waals surface area contributed by atoms with Crippen molar-refractivity contribution in [1.82, 2.24) is 10.7 Å². The van der Waals surface area contributed by atoms with Crippen molar-refractivity contribution in [2.24, 2.45) is 11.0 Å². The standard InChI is InChI=1S/C16H22FN3OS/c1-11-5-3-4-6-14(11)19-16(22)20-18-10-12-7-8-15(21-2)13(17)9-12/h7-11,14H,3-6H2,1-2H3,(H2,19,20,22)/b18-10-/t11-,14+/m0/s1. The number of ether oxygens (including phenoxy) is 1. The molecule has 1 aromatic carbocycles. The second-order valence-corrected chi connectivity index (χ2v) is 6.01. The van der Waals surface area contributed by atoms with Gasteiger partial charge in [0.2, 0.25) is 0 Å². The Morgan fingerprint density at radius 3 is 2.86 bits per heavy atom. The van der Waals surface area contributed by atoms with Gasteiger partial charge in [0, 0.05) is 6.04 Å². The molecule has 0 bridgehead atoms. The number of rotatable bonds is 4. The Hall–Kier alpha value is -1.69. The van der Waals surface area contributed by atoms with Crippen LogP contribution in [0.5, 0.6) is 5.75 Å². The van der Waals surface area contributed by atoms with E-state index in [0.29, 0.717) is 22.6 Å². The van der Waals surface area contributed by atoms with Crippen LogP contribution in [-0.4, -0.2) is 24.5 Å². The molecule has 0 heterocycles. The normalized spacial score (nSPS) is 21.6. The molecule has 0 radical (unpaired) electrons. The van der Waals surface area contributed by atoms with Crippen molar-refractivity contribution in [2.45, 2.75) is 38.6 Å². The number of nitrogens with zero attached hydrogens (tertiary/aromatic N) is 1. The highest BCUT2D eigenvalue weighted by Crippen LogP contribution is 2.23. The van der Waals surface area contributed by atoms with Crippen molar-refractivity contribution in [1.29, 1.82) is 0 Å². The molecule has 0 amide bonds. The van der Waals surface area contributed by atoms with Crippen molar-refractivity contribution in [2.75, 3.05) is 7.11 Å². The Kier molecular flexibility index (Phi) is 6.12. The highest BCUT2D eigenvalue weighted by molar-refractivity contribution is 7.80. The van der Waals surface area contributed by atoms with Crippen LogP contribution in [0.2, 0.25) is 0 Å². The van der Waals surface area contributed by atoms with Crippen LogP contribution in [-0.2, 0) is 0 Å². The van der Waals surface area contributed by atoms with Crippen molar-refractivity contribution in [3.63, 3.8) is 0 Å². The second kappa shape index (κ2) is 8.08. The first kappa shape index (κ1) is 16.7. The quantitative estimate of drug-likeness (QED) is 0.507. The van der Waals surface area contributed by atoms with Gasteiger partial charge in [-0.05, 0) is 54.7 Å². The third-order valence-corrected chi connectivity index (χ3v) is 4.19. The Morgan fingerprint density at radius 2 is 2.18 bits per heavy atom.